The monoisotopic (exact) mass is 307 g/mol. The van der Waals surface area contributed by atoms with Crippen molar-refractivity contribution in [3.63, 3.8) is 0 Å². The number of rotatable bonds is 8. The summed E-state index contributed by atoms with van der Waals surface area (Å²) in [5, 5.41) is 3.03. The third kappa shape index (κ3) is 3.09. The molecule has 3 heteroatoms. The Morgan fingerprint density at radius 2 is 1.15 bits per heavy atom. The van der Waals surface area contributed by atoms with Gasteiger partial charge in [0.05, 0.1) is 8.07 Å². The van der Waals surface area contributed by atoms with Crippen molar-refractivity contribution in [2.75, 3.05) is 0 Å². The fraction of sp³-hybridized carbons (Fsp3) is 0.706. The molecule has 0 aliphatic carbocycles. The summed E-state index contributed by atoms with van der Waals surface area (Å²) in [5.41, 5.74) is 0. The first-order chi connectivity index (χ1) is 9.57. The summed E-state index contributed by atoms with van der Waals surface area (Å²) >= 11 is 0. The normalized spacial score (nSPS) is 12.7. The van der Waals surface area contributed by atoms with Crippen LogP contribution in [-0.2, 0) is 0 Å². The summed E-state index contributed by atoms with van der Waals surface area (Å²) in [6.07, 6.45) is 2.25. The van der Waals surface area contributed by atoms with Gasteiger partial charge in [-0.15, -0.1) is 0 Å². The number of nitrogens with zero attached hydrogens (tertiary/aromatic N) is 1. The van der Waals surface area contributed by atoms with Gasteiger partial charge in [0.2, 0.25) is 0 Å². The Hall–Kier alpha value is -0.416. The van der Waals surface area contributed by atoms with E-state index < -0.39 is 16.1 Å². The van der Waals surface area contributed by atoms with Gasteiger partial charge in [-0.3, -0.25) is 4.98 Å². The summed E-state index contributed by atoms with van der Waals surface area (Å²) in [6, 6.07) is 12.8. The van der Waals surface area contributed by atoms with Crippen molar-refractivity contribution in [2.24, 2.45) is 0 Å². The molecule has 0 fully saturated rings. The molecule has 1 heterocycles. The van der Waals surface area contributed by atoms with Crippen LogP contribution in [-0.4, -0.2) is 21.1 Å². The Labute approximate surface area is 128 Å². The molecule has 1 rings (SSSR count). The van der Waals surface area contributed by atoms with Gasteiger partial charge in [0, 0.05) is 11.5 Å². The average molecular weight is 308 g/mol. The van der Waals surface area contributed by atoms with E-state index in [1.165, 1.54) is 41.6 Å². The SMILES string of the molecule is CC[Si](CC)(CC)c1ccc([Si](CC)(CC)CC)nc1. The Bertz CT molecular complexity index is 336. The molecule has 0 amide bonds. The van der Waals surface area contributed by atoms with Crippen molar-refractivity contribution < 1.29 is 0 Å². The summed E-state index contributed by atoms with van der Waals surface area (Å²) in [7, 11) is -2.55. The lowest BCUT2D eigenvalue weighted by Crippen LogP contribution is -2.51. The van der Waals surface area contributed by atoms with Crippen LogP contribution in [0.25, 0.3) is 0 Å². The predicted molar refractivity (Wildman–Crippen MR) is 97.9 cm³/mol. The molecule has 1 nitrogen and oxygen atoms in total. The molecule has 0 unspecified atom stereocenters. The van der Waals surface area contributed by atoms with Gasteiger partial charge in [-0.1, -0.05) is 83.9 Å². The molecule has 0 spiro atoms. The maximum atomic E-state index is 4.97. The molecule has 114 valence electrons. The quantitative estimate of drug-likeness (QED) is 0.644. The molecule has 0 aliphatic heterocycles. The smallest absolute Gasteiger partial charge is 0.109 e. The molecule has 0 radical (unpaired) electrons. The van der Waals surface area contributed by atoms with Crippen LogP contribution in [0.2, 0.25) is 36.3 Å². The Balaban J connectivity index is 3.16. The van der Waals surface area contributed by atoms with E-state index in [0.717, 1.165) is 0 Å². The Morgan fingerprint density at radius 3 is 1.45 bits per heavy atom. The summed E-state index contributed by atoms with van der Waals surface area (Å²) in [6.45, 7) is 14.2. The van der Waals surface area contributed by atoms with Crippen molar-refractivity contribution in [2.45, 2.75) is 77.8 Å². The molecule has 0 bridgehead atoms. The number of pyridine rings is 1. The molecule has 1 aromatic heterocycles. The molecule has 0 N–H and O–H groups in total. The highest BCUT2D eigenvalue weighted by molar-refractivity contribution is 6.92. The zero-order valence-electron chi connectivity index (χ0n) is 14.4. The van der Waals surface area contributed by atoms with Crippen LogP contribution in [0.3, 0.4) is 0 Å². The van der Waals surface area contributed by atoms with Crippen LogP contribution >= 0.6 is 0 Å². The summed E-state index contributed by atoms with van der Waals surface area (Å²) in [4.78, 5) is 4.97. The second-order valence-electron chi connectivity index (χ2n) is 6.11. The molecule has 0 saturated heterocycles. The lowest BCUT2D eigenvalue weighted by molar-refractivity contribution is 1.16. The largest absolute Gasteiger partial charge is 0.266 e. The van der Waals surface area contributed by atoms with Gasteiger partial charge < -0.3 is 0 Å². The van der Waals surface area contributed by atoms with Crippen LogP contribution in [0.5, 0.6) is 0 Å². The zero-order valence-corrected chi connectivity index (χ0v) is 16.4. The van der Waals surface area contributed by atoms with Crippen molar-refractivity contribution in [1.29, 1.82) is 0 Å². The van der Waals surface area contributed by atoms with Crippen LogP contribution < -0.4 is 10.5 Å². The molecule has 1 aromatic rings. The maximum absolute atomic E-state index is 4.97. The van der Waals surface area contributed by atoms with Gasteiger partial charge in [0.15, 0.2) is 0 Å². The molecular weight excluding hydrogens is 274 g/mol. The third-order valence-corrected chi connectivity index (χ3v) is 17.0. The molecule has 0 aliphatic rings. The Morgan fingerprint density at radius 1 is 0.700 bits per heavy atom. The van der Waals surface area contributed by atoms with Crippen molar-refractivity contribution >= 4 is 26.7 Å². The van der Waals surface area contributed by atoms with Crippen LogP contribution in [0.1, 0.15) is 41.5 Å². The van der Waals surface area contributed by atoms with Crippen molar-refractivity contribution in [1.82, 2.24) is 4.98 Å². The highest BCUT2D eigenvalue weighted by Gasteiger charge is 2.33. The average Bonchev–Trinajstić information content (AvgIpc) is 2.53. The molecule has 0 saturated carbocycles. The molecule has 0 atom stereocenters. The highest BCUT2D eigenvalue weighted by atomic mass is 28.3. The van der Waals surface area contributed by atoms with Gasteiger partial charge in [-0.05, 0) is 11.3 Å². The summed E-state index contributed by atoms with van der Waals surface area (Å²) in [5.74, 6) is 0. The number of hydrogen-bond donors (Lipinski definition) is 0. The number of aromatic nitrogens is 1. The van der Waals surface area contributed by atoms with Gasteiger partial charge in [0.25, 0.3) is 0 Å². The van der Waals surface area contributed by atoms with E-state index in [9.17, 15) is 0 Å². The van der Waals surface area contributed by atoms with E-state index in [0.29, 0.717) is 0 Å². The van der Waals surface area contributed by atoms with E-state index in [1.54, 1.807) is 5.19 Å². The fourth-order valence-electron chi connectivity index (χ4n) is 3.68. The van der Waals surface area contributed by atoms with Gasteiger partial charge >= 0.3 is 0 Å². The number of hydrogen-bond acceptors (Lipinski definition) is 1. The minimum Gasteiger partial charge on any atom is -0.266 e. The third-order valence-electron chi connectivity index (χ3n) is 5.98. The van der Waals surface area contributed by atoms with Crippen molar-refractivity contribution in [3.05, 3.63) is 18.3 Å². The fourth-order valence-corrected chi connectivity index (χ4v) is 10.5. The van der Waals surface area contributed by atoms with E-state index >= 15 is 0 Å². The highest BCUT2D eigenvalue weighted by Crippen LogP contribution is 2.21. The lowest BCUT2D eigenvalue weighted by atomic mass is 10.5. The first-order valence-corrected chi connectivity index (χ1v) is 13.8. The van der Waals surface area contributed by atoms with E-state index in [-0.39, 0.29) is 0 Å². The van der Waals surface area contributed by atoms with Crippen LogP contribution in [0, 0.1) is 0 Å². The minimum absolute atomic E-state index is 1.25. The molecule has 0 aromatic carbocycles. The predicted octanol–water partition coefficient (Wildman–Crippen LogP) is 4.51. The lowest BCUT2D eigenvalue weighted by Gasteiger charge is -2.31. The van der Waals surface area contributed by atoms with Gasteiger partial charge in [0.1, 0.15) is 8.07 Å². The topological polar surface area (TPSA) is 12.9 Å². The maximum Gasteiger partial charge on any atom is 0.109 e. The Kier molecular flexibility index (Phi) is 6.66. The van der Waals surface area contributed by atoms with E-state index in [2.05, 4.69) is 59.9 Å². The molecule has 20 heavy (non-hydrogen) atoms. The van der Waals surface area contributed by atoms with Crippen LogP contribution in [0.4, 0.5) is 0 Å². The van der Waals surface area contributed by atoms with Crippen LogP contribution in [0.15, 0.2) is 18.3 Å². The minimum atomic E-state index is -1.30. The second-order valence-corrected chi connectivity index (χ2v) is 16.6. The zero-order chi connectivity index (χ0) is 15.2. The van der Waals surface area contributed by atoms with Gasteiger partial charge in [-0.25, -0.2) is 0 Å². The first kappa shape index (κ1) is 17.6. The van der Waals surface area contributed by atoms with E-state index in [1.807, 2.05) is 0 Å². The summed E-state index contributed by atoms with van der Waals surface area (Å²) < 4.78 is 0. The van der Waals surface area contributed by atoms with E-state index in [4.69, 9.17) is 4.98 Å². The first-order valence-electron chi connectivity index (χ1n) is 8.55. The van der Waals surface area contributed by atoms with Crippen molar-refractivity contribution in [3.8, 4) is 0 Å². The molecular formula is C17H33NSi2. The standard InChI is InChI=1S/C17H33NSi2/c1-7-19(8-2,9-3)16-13-14-17(18-15-16)20(10-4,11-5)12-6/h13-15H,7-12H2,1-6H3. The second kappa shape index (κ2) is 7.55. The van der Waals surface area contributed by atoms with Gasteiger partial charge in [-0.2, -0.15) is 0 Å².